The van der Waals surface area contributed by atoms with Gasteiger partial charge in [-0.2, -0.15) is 4.31 Å². The number of benzene rings is 1. The summed E-state index contributed by atoms with van der Waals surface area (Å²) in [6.45, 7) is 8.64. The molecule has 0 atom stereocenters. The van der Waals surface area contributed by atoms with Crippen LogP contribution in [0.2, 0.25) is 0 Å². The largest absolute Gasteiger partial charge is 0.336 e. The number of rotatable bonds is 8. The molecule has 1 saturated heterocycles. The normalized spacial score (nSPS) is 16.4. The van der Waals surface area contributed by atoms with E-state index in [4.69, 9.17) is 0 Å². The van der Waals surface area contributed by atoms with E-state index in [9.17, 15) is 21.6 Å². The van der Waals surface area contributed by atoms with E-state index < -0.39 is 19.9 Å². The summed E-state index contributed by atoms with van der Waals surface area (Å²) in [7, 11) is -6.67. The van der Waals surface area contributed by atoms with Crippen LogP contribution in [0.3, 0.4) is 0 Å². The van der Waals surface area contributed by atoms with E-state index in [0.29, 0.717) is 56.9 Å². The van der Waals surface area contributed by atoms with Crippen LogP contribution in [-0.2, 0) is 19.9 Å². The fourth-order valence-electron chi connectivity index (χ4n) is 3.37. The van der Waals surface area contributed by atoms with E-state index in [0.717, 1.165) is 0 Å². The van der Waals surface area contributed by atoms with Gasteiger partial charge in [0.2, 0.25) is 10.0 Å². The summed E-state index contributed by atoms with van der Waals surface area (Å²) in [4.78, 5) is 16.8. The highest BCUT2D eigenvalue weighted by atomic mass is 32.2. The third-order valence-electron chi connectivity index (χ3n) is 5.20. The van der Waals surface area contributed by atoms with Crippen LogP contribution < -0.4 is 0 Å². The van der Waals surface area contributed by atoms with Gasteiger partial charge in [0.1, 0.15) is 9.84 Å². The first kappa shape index (κ1) is 23.8. The van der Waals surface area contributed by atoms with Gasteiger partial charge in [-0.05, 0) is 24.6 Å². The van der Waals surface area contributed by atoms with Crippen molar-refractivity contribution in [2.24, 2.45) is 0 Å². The minimum Gasteiger partial charge on any atom is -0.336 e. The van der Waals surface area contributed by atoms with E-state index in [2.05, 4.69) is 0 Å². The zero-order valence-corrected chi connectivity index (χ0v) is 19.2. The van der Waals surface area contributed by atoms with Crippen LogP contribution in [0, 0.1) is 6.92 Å². The summed E-state index contributed by atoms with van der Waals surface area (Å²) in [5, 5.41) is 0. The average Bonchev–Trinajstić information content (AvgIpc) is 2.66. The molecule has 0 spiro atoms. The molecule has 0 aromatic heterocycles. The van der Waals surface area contributed by atoms with Gasteiger partial charge in [-0.3, -0.25) is 9.69 Å². The SMILES string of the molecule is CCN(CC)S(=O)(=O)c1cc(C(=O)N2CCN(CCS(C)(=O)=O)CC2)ccc1C. The fraction of sp³-hybridized carbons (Fsp3) is 0.632. The van der Waals surface area contributed by atoms with Crippen LogP contribution in [-0.4, -0.2) is 94.7 Å². The zero-order valence-electron chi connectivity index (χ0n) is 17.6. The quantitative estimate of drug-likeness (QED) is 0.588. The Hall–Kier alpha value is -1.49. The molecular formula is C19H31N3O5S2. The number of piperazine rings is 1. The number of hydrogen-bond donors (Lipinski definition) is 0. The average molecular weight is 446 g/mol. The monoisotopic (exact) mass is 445 g/mol. The number of nitrogens with zero attached hydrogens (tertiary/aromatic N) is 3. The van der Waals surface area contributed by atoms with Crippen molar-refractivity contribution in [3.63, 3.8) is 0 Å². The molecule has 1 aliphatic rings. The maximum atomic E-state index is 12.9. The van der Waals surface area contributed by atoms with Gasteiger partial charge in [0.15, 0.2) is 0 Å². The Bertz CT molecular complexity index is 933. The van der Waals surface area contributed by atoms with E-state index in [-0.39, 0.29) is 16.6 Å². The predicted octanol–water partition coefficient (Wildman–Crippen LogP) is 0.828. The number of sulfonamides is 1. The van der Waals surface area contributed by atoms with Crippen LogP contribution in [0.1, 0.15) is 29.8 Å². The van der Waals surface area contributed by atoms with Gasteiger partial charge in [-0.25, -0.2) is 16.8 Å². The van der Waals surface area contributed by atoms with Gasteiger partial charge in [-0.1, -0.05) is 19.9 Å². The number of amides is 1. The van der Waals surface area contributed by atoms with Crippen LogP contribution in [0.4, 0.5) is 0 Å². The summed E-state index contributed by atoms with van der Waals surface area (Å²) in [5.41, 5.74) is 0.963. The van der Waals surface area contributed by atoms with Crippen molar-refractivity contribution in [3.05, 3.63) is 29.3 Å². The Morgan fingerprint density at radius 1 is 1.03 bits per heavy atom. The second-order valence-electron chi connectivity index (χ2n) is 7.33. The molecule has 0 N–H and O–H groups in total. The number of carbonyl (C=O) groups excluding carboxylic acids is 1. The third-order valence-corrected chi connectivity index (χ3v) is 8.31. The maximum Gasteiger partial charge on any atom is 0.253 e. The van der Waals surface area contributed by atoms with Gasteiger partial charge in [-0.15, -0.1) is 0 Å². The molecule has 2 rings (SSSR count). The van der Waals surface area contributed by atoms with E-state index >= 15 is 0 Å². The lowest BCUT2D eigenvalue weighted by atomic mass is 10.1. The first-order valence-corrected chi connectivity index (χ1v) is 13.3. The molecule has 0 saturated carbocycles. The highest BCUT2D eigenvalue weighted by molar-refractivity contribution is 7.90. The lowest BCUT2D eigenvalue weighted by Crippen LogP contribution is -2.49. The summed E-state index contributed by atoms with van der Waals surface area (Å²) in [6.07, 6.45) is 1.22. The molecule has 1 fully saturated rings. The fourth-order valence-corrected chi connectivity index (χ4v) is 5.66. The number of sulfone groups is 1. The molecule has 8 nitrogen and oxygen atoms in total. The Labute approximate surface area is 174 Å². The second-order valence-corrected chi connectivity index (χ2v) is 11.5. The van der Waals surface area contributed by atoms with Crippen molar-refractivity contribution < 1.29 is 21.6 Å². The van der Waals surface area contributed by atoms with Crippen molar-refractivity contribution >= 4 is 25.8 Å². The molecule has 164 valence electrons. The molecule has 1 heterocycles. The van der Waals surface area contributed by atoms with Crippen molar-refractivity contribution in [2.45, 2.75) is 25.7 Å². The summed E-state index contributed by atoms with van der Waals surface area (Å²) in [6, 6.07) is 4.81. The molecule has 0 unspecified atom stereocenters. The number of aryl methyl sites for hydroxylation is 1. The molecule has 1 aliphatic heterocycles. The Kier molecular flexibility index (Phi) is 7.83. The van der Waals surface area contributed by atoms with Gasteiger partial charge >= 0.3 is 0 Å². The maximum absolute atomic E-state index is 12.9. The van der Waals surface area contributed by atoms with E-state index in [1.165, 1.54) is 16.6 Å². The molecule has 10 heteroatoms. The molecule has 0 bridgehead atoms. The zero-order chi connectivity index (χ0) is 21.8. The van der Waals surface area contributed by atoms with Gasteiger partial charge in [0.05, 0.1) is 10.6 Å². The Morgan fingerprint density at radius 3 is 2.14 bits per heavy atom. The van der Waals surface area contributed by atoms with Crippen molar-refractivity contribution in [1.29, 1.82) is 0 Å². The molecule has 0 radical (unpaired) electrons. The molecule has 1 aromatic carbocycles. The molecular weight excluding hydrogens is 414 g/mol. The highest BCUT2D eigenvalue weighted by Crippen LogP contribution is 2.22. The molecule has 29 heavy (non-hydrogen) atoms. The molecule has 1 amide bonds. The van der Waals surface area contributed by atoms with Crippen molar-refractivity contribution in [1.82, 2.24) is 14.1 Å². The lowest BCUT2D eigenvalue weighted by Gasteiger charge is -2.34. The van der Waals surface area contributed by atoms with E-state index in [1.54, 1.807) is 37.8 Å². The standard InChI is InChI=1S/C19H31N3O5S2/c1-5-22(6-2)29(26,27)18-15-17(8-7-16(18)3)19(23)21-11-9-20(10-12-21)13-14-28(4,24)25/h7-8,15H,5-6,9-14H2,1-4H3. The van der Waals surface area contributed by atoms with Gasteiger partial charge in [0, 0.05) is 57.6 Å². The van der Waals surface area contributed by atoms with Crippen LogP contribution in [0.25, 0.3) is 0 Å². The highest BCUT2D eigenvalue weighted by Gasteiger charge is 2.27. The Balaban J connectivity index is 2.13. The summed E-state index contributed by atoms with van der Waals surface area (Å²) >= 11 is 0. The summed E-state index contributed by atoms with van der Waals surface area (Å²) < 4.78 is 49.8. The van der Waals surface area contributed by atoms with Crippen molar-refractivity contribution in [2.75, 3.05) is 57.8 Å². The number of carbonyl (C=O) groups is 1. The lowest BCUT2D eigenvalue weighted by molar-refractivity contribution is 0.0644. The first-order valence-electron chi connectivity index (χ1n) is 9.79. The topological polar surface area (TPSA) is 95.1 Å². The van der Waals surface area contributed by atoms with Crippen LogP contribution in [0.5, 0.6) is 0 Å². The van der Waals surface area contributed by atoms with Gasteiger partial charge < -0.3 is 4.90 Å². The second kappa shape index (κ2) is 9.55. The minimum atomic E-state index is -3.65. The van der Waals surface area contributed by atoms with Crippen LogP contribution >= 0.6 is 0 Å². The summed E-state index contributed by atoms with van der Waals surface area (Å²) in [5.74, 6) is -0.102. The number of hydrogen-bond acceptors (Lipinski definition) is 6. The predicted molar refractivity (Wildman–Crippen MR) is 113 cm³/mol. The molecule has 0 aliphatic carbocycles. The smallest absolute Gasteiger partial charge is 0.253 e. The minimum absolute atomic E-state index is 0.103. The van der Waals surface area contributed by atoms with E-state index in [1.807, 2.05) is 4.90 Å². The first-order chi connectivity index (χ1) is 13.5. The van der Waals surface area contributed by atoms with Gasteiger partial charge in [0.25, 0.3) is 5.91 Å². The molecule has 1 aromatic rings. The Morgan fingerprint density at radius 2 is 1.62 bits per heavy atom. The van der Waals surface area contributed by atoms with Crippen LogP contribution in [0.15, 0.2) is 23.1 Å². The third kappa shape index (κ3) is 6.00. The van der Waals surface area contributed by atoms with Crippen molar-refractivity contribution in [3.8, 4) is 0 Å².